The third kappa shape index (κ3) is 2.43. The van der Waals surface area contributed by atoms with Gasteiger partial charge in [-0.15, -0.1) is 0 Å². The molecule has 0 amide bonds. The number of hydrogen-bond donors (Lipinski definition) is 1. The minimum Gasteiger partial charge on any atom is -0.247 e. The van der Waals surface area contributed by atoms with Crippen molar-refractivity contribution in [2.24, 2.45) is 0 Å². The van der Waals surface area contributed by atoms with Gasteiger partial charge in [0, 0.05) is 6.20 Å². The molecule has 9 heteroatoms. The summed E-state index contributed by atoms with van der Waals surface area (Å²) in [5.41, 5.74) is 0.104. The average molecular weight is 320 g/mol. The fraction of sp³-hybridized carbons (Fsp3) is 0.308. The fourth-order valence-corrected chi connectivity index (χ4v) is 3.21. The van der Waals surface area contributed by atoms with Crippen molar-refractivity contribution in [3.8, 4) is 0 Å². The molecule has 0 saturated carbocycles. The van der Waals surface area contributed by atoms with E-state index >= 15 is 0 Å². The molecule has 0 aliphatic carbocycles. The summed E-state index contributed by atoms with van der Waals surface area (Å²) in [7, 11) is -3.81. The Morgan fingerprint density at radius 3 is 2.68 bits per heavy atom. The number of aromatic nitrogens is 5. The molecule has 8 nitrogen and oxygen atoms in total. The van der Waals surface area contributed by atoms with Crippen LogP contribution in [0.5, 0.6) is 0 Å². The van der Waals surface area contributed by atoms with Crippen LogP contribution < -0.4 is 4.72 Å². The Kier molecular flexibility index (Phi) is 3.17. The highest BCUT2D eigenvalue weighted by molar-refractivity contribution is 7.93. The van der Waals surface area contributed by atoms with Gasteiger partial charge < -0.3 is 0 Å². The van der Waals surface area contributed by atoms with E-state index in [2.05, 4.69) is 19.9 Å². The number of anilines is 1. The predicted molar refractivity (Wildman–Crippen MR) is 81.0 cm³/mol. The Bertz CT molecular complexity index is 919. The van der Waals surface area contributed by atoms with Crippen molar-refractivity contribution in [3.05, 3.63) is 36.9 Å². The van der Waals surface area contributed by atoms with E-state index in [-0.39, 0.29) is 10.8 Å². The molecule has 3 aromatic rings. The number of fused-ring (bicyclic) bond motifs is 1. The molecule has 0 fully saturated rings. The molecule has 22 heavy (non-hydrogen) atoms. The van der Waals surface area contributed by atoms with E-state index in [1.165, 1.54) is 21.7 Å². The van der Waals surface area contributed by atoms with Gasteiger partial charge in [-0.05, 0) is 32.9 Å². The maximum Gasteiger partial charge on any atom is 0.267 e. The maximum absolute atomic E-state index is 12.6. The van der Waals surface area contributed by atoms with Gasteiger partial charge in [-0.3, -0.25) is 0 Å². The topological polar surface area (TPSA) is 94.2 Å². The van der Waals surface area contributed by atoms with Crippen molar-refractivity contribution in [1.29, 1.82) is 0 Å². The third-order valence-corrected chi connectivity index (χ3v) is 4.43. The van der Waals surface area contributed by atoms with Crippen molar-refractivity contribution in [3.63, 3.8) is 0 Å². The van der Waals surface area contributed by atoms with Gasteiger partial charge in [0.2, 0.25) is 5.95 Å². The lowest BCUT2D eigenvalue weighted by Gasteiger charge is -2.21. The first-order valence-corrected chi connectivity index (χ1v) is 8.13. The van der Waals surface area contributed by atoms with Crippen LogP contribution in [0.2, 0.25) is 0 Å². The van der Waals surface area contributed by atoms with Crippen LogP contribution in [0.1, 0.15) is 20.8 Å². The van der Waals surface area contributed by atoms with Gasteiger partial charge in [-0.25, -0.2) is 22.3 Å². The molecule has 0 aliphatic rings. The fourth-order valence-electron chi connectivity index (χ4n) is 2.10. The number of nitrogens with zero attached hydrogens (tertiary/aromatic N) is 5. The second kappa shape index (κ2) is 4.80. The van der Waals surface area contributed by atoms with E-state index in [1.807, 2.05) is 20.8 Å². The summed E-state index contributed by atoms with van der Waals surface area (Å²) >= 11 is 0. The highest BCUT2D eigenvalue weighted by Crippen LogP contribution is 2.22. The summed E-state index contributed by atoms with van der Waals surface area (Å²) in [5.74, 6) is 0.169. The van der Waals surface area contributed by atoms with Gasteiger partial charge >= 0.3 is 0 Å². The highest BCUT2D eigenvalue weighted by atomic mass is 32.2. The summed E-state index contributed by atoms with van der Waals surface area (Å²) in [5, 5.41) is 8.11. The van der Waals surface area contributed by atoms with E-state index in [1.54, 1.807) is 24.4 Å². The first-order chi connectivity index (χ1) is 10.3. The molecule has 3 aromatic heterocycles. The zero-order valence-corrected chi connectivity index (χ0v) is 13.2. The molecule has 0 aromatic carbocycles. The summed E-state index contributed by atoms with van der Waals surface area (Å²) in [6.45, 7) is 5.73. The van der Waals surface area contributed by atoms with Crippen molar-refractivity contribution < 1.29 is 8.42 Å². The normalized spacial score (nSPS) is 12.7. The quantitative estimate of drug-likeness (QED) is 0.789. The maximum atomic E-state index is 12.6. The van der Waals surface area contributed by atoms with Gasteiger partial charge in [-0.2, -0.15) is 15.2 Å². The molecule has 0 unspecified atom stereocenters. The second-order valence-electron chi connectivity index (χ2n) is 5.81. The Morgan fingerprint density at radius 1 is 1.18 bits per heavy atom. The van der Waals surface area contributed by atoms with Crippen molar-refractivity contribution in [1.82, 2.24) is 24.4 Å². The number of hydrogen-bond acceptors (Lipinski definition) is 5. The SMILES string of the molecule is CC(C)(C)n1ncnc1NS(=O)(=O)c1cnn2ccccc12. The molecule has 1 N–H and O–H groups in total. The van der Waals surface area contributed by atoms with E-state index in [0.717, 1.165) is 0 Å². The van der Waals surface area contributed by atoms with Crippen LogP contribution in [-0.2, 0) is 15.6 Å². The summed E-state index contributed by atoms with van der Waals surface area (Å²) < 4.78 is 30.7. The Labute approximate surface area is 127 Å². The molecular weight excluding hydrogens is 304 g/mol. The second-order valence-corrected chi connectivity index (χ2v) is 7.46. The van der Waals surface area contributed by atoms with Crippen LogP contribution in [0.4, 0.5) is 5.95 Å². The van der Waals surface area contributed by atoms with Crippen LogP contribution >= 0.6 is 0 Å². The van der Waals surface area contributed by atoms with E-state index in [9.17, 15) is 8.42 Å². The van der Waals surface area contributed by atoms with Gasteiger partial charge in [-0.1, -0.05) is 6.07 Å². The van der Waals surface area contributed by atoms with Gasteiger partial charge in [0.25, 0.3) is 10.0 Å². The molecule has 0 bridgehead atoms. The minimum absolute atomic E-state index is 0.0940. The highest BCUT2D eigenvalue weighted by Gasteiger charge is 2.25. The van der Waals surface area contributed by atoms with Crippen LogP contribution in [0, 0.1) is 0 Å². The van der Waals surface area contributed by atoms with Crippen LogP contribution in [0.3, 0.4) is 0 Å². The zero-order chi connectivity index (χ0) is 16.0. The van der Waals surface area contributed by atoms with Crippen molar-refractivity contribution in [2.45, 2.75) is 31.2 Å². The monoisotopic (exact) mass is 320 g/mol. The zero-order valence-electron chi connectivity index (χ0n) is 12.4. The van der Waals surface area contributed by atoms with Crippen LogP contribution in [-0.4, -0.2) is 32.8 Å². The molecular formula is C13H16N6O2S. The van der Waals surface area contributed by atoms with Gasteiger partial charge in [0.15, 0.2) is 0 Å². The molecule has 0 atom stereocenters. The lowest BCUT2D eigenvalue weighted by Crippen LogP contribution is -2.27. The number of nitrogens with one attached hydrogen (secondary N) is 1. The van der Waals surface area contributed by atoms with E-state index in [0.29, 0.717) is 5.52 Å². The molecule has 116 valence electrons. The predicted octanol–water partition coefficient (Wildman–Crippen LogP) is 1.48. The molecule has 0 radical (unpaired) electrons. The first-order valence-electron chi connectivity index (χ1n) is 6.65. The van der Waals surface area contributed by atoms with Crippen molar-refractivity contribution >= 4 is 21.5 Å². The van der Waals surface area contributed by atoms with E-state index in [4.69, 9.17) is 0 Å². The Hall–Kier alpha value is -2.42. The smallest absolute Gasteiger partial charge is 0.247 e. The van der Waals surface area contributed by atoms with Crippen LogP contribution in [0.25, 0.3) is 5.52 Å². The molecule has 0 spiro atoms. The largest absolute Gasteiger partial charge is 0.267 e. The lowest BCUT2D eigenvalue weighted by molar-refractivity contribution is 0.361. The Balaban J connectivity index is 2.04. The molecule has 3 heterocycles. The lowest BCUT2D eigenvalue weighted by atomic mass is 10.1. The first kappa shape index (κ1) is 14.5. The minimum atomic E-state index is -3.81. The van der Waals surface area contributed by atoms with Gasteiger partial charge in [0.05, 0.1) is 17.3 Å². The summed E-state index contributed by atoms with van der Waals surface area (Å²) in [6, 6.07) is 5.23. The number of rotatable bonds is 3. The number of sulfonamides is 1. The van der Waals surface area contributed by atoms with E-state index < -0.39 is 15.6 Å². The average Bonchev–Trinajstić information content (AvgIpc) is 3.03. The summed E-state index contributed by atoms with van der Waals surface area (Å²) in [4.78, 5) is 4.09. The van der Waals surface area contributed by atoms with Gasteiger partial charge in [0.1, 0.15) is 11.2 Å². The van der Waals surface area contributed by atoms with Crippen molar-refractivity contribution in [2.75, 3.05) is 4.72 Å². The summed E-state index contributed by atoms with van der Waals surface area (Å²) in [6.07, 6.45) is 4.32. The number of pyridine rings is 1. The Morgan fingerprint density at radius 2 is 1.95 bits per heavy atom. The molecule has 3 rings (SSSR count). The molecule has 0 aliphatic heterocycles. The standard InChI is InChI=1S/C13H16N6O2S/c1-13(2,3)19-12(14-9-16-19)17-22(20,21)11-8-15-18-7-5-4-6-10(11)18/h4-9H,1-3H3,(H,14,16,17). The third-order valence-electron chi connectivity index (χ3n) is 3.09. The van der Waals surface area contributed by atoms with Crippen LogP contribution in [0.15, 0.2) is 41.8 Å². The molecule has 0 saturated heterocycles.